The summed E-state index contributed by atoms with van der Waals surface area (Å²) < 4.78 is 8.85. The van der Waals surface area contributed by atoms with Gasteiger partial charge in [0.25, 0.3) is 0 Å². The largest absolute Gasteiger partial charge is 0.490 e. The molecule has 2 heterocycles. The maximum absolute atomic E-state index is 11.6. The predicted molar refractivity (Wildman–Crippen MR) is 47.5 cm³/mol. The van der Waals surface area contributed by atoms with Gasteiger partial charge in [-0.3, -0.25) is 4.79 Å². The molecule has 0 aromatic carbocycles. The summed E-state index contributed by atoms with van der Waals surface area (Å²) in [6.45, 7) is 0.629. The van der Waals surface area contributed by atoms with Crippen molar-refractivity contribution in [3.63, 3.8) is 0 Å². The van der Waals surface area contributed by atoms with Gasteiger partial charge in [0, 0.05) is 0 Å². The summed E-state index contributed by atoms with van der Waals surface area (Å²) in [4.78, 5) is 12.1. The van der Waals surface area contributed by atoms with Crippen LogP contribution in [-0.2, 0) is 4.74 Å². The van der Waals surface area contributed by atoms with Crippen LogP contribution in [0.15, 0.2) is 18.0 Å². The standard InChI is InChI=1S/C8H8N2O2S/c11-8(7-5-9-10-13-7)6-3-1-2-4-12-6/h3,5H,1-2,4H2. The minimum absolute atomic E-state index is 0.102. The average Bonchev–Trinajstić information content (AvgIpc) is 2.71. The topological polar surface area (TPSA) is 52.1 Å². The van der Waals surface area contributed by atoms with Crippen LogP contribution in [0.25, 0.3) is 0 Å². The smallest absolute Gasteiger partial charge is 0.240 e. The van der Waals surface area contributed by atoms with Crippen molar-refractivity contribution in [3.05, 3.63) is 22.9 Å². The summed E-state index contributed by atoms with van der Waals surface area (Å²) in [5.74, 6) is 0.340. The Kier molecular flexibility index (Phi) is 2.35. The molecule has 13 heavy (non-hydrogen) atoms. The maximum Gasteiger partial charge on any atom is 0.240 e. The van der Waals surface area contributed by atoms with E-state index in [2.05, 4.69) is 9.59 Å². The number of rotatable bonds is 2. The Hall–Kier alpha value is -1.23. The second-order valence-electron chi connectivity index (χ2n) is 2.67. The van der Waals surface area contributed by atoms with E-state index < -0.39 is 0 Å². The van der Waals surface area contributed by atoms with Gasteiger partial charge in [-0.1, -0.05) is 4.49 Å². The molecule has 2 rings (SSSR count). The lowest BCUT2D eigenvalue weighted by atomic mass is 10.2. The molecule has 0 N–H and O–H groups in total. The fourth-order valence-electron chi connectivity index (χ4n) is 1.10. The molecule has 1 aliphatic rings. The first kappa shape index (κ1) is 8.37. The third-order valence-electron chi connectivity index (χ3n) is 1.74. The highest BCUT2D eigenvalue weighted by atomic mass is 32.1. The number of allylic oxidation sites excluding steroid dienone is 2. The second-order valence-corrected chi connectivity index (χ2v) is 3.46. The van der Waals surface area contributed by atoms with Gasteiger partial charge in [-0.15, -0.1) is 5.10 Å². The Balaban J connectivity index is 2.17. The third kappa shape index (κ3) is 1.75. The van der Waals surface area contributed by atoms with E-state index in [1.807, 2.05) is 6.08 Å². The van der Waals surface area contributed by atoms with E-state index in [0.717, 1.165) is 24.4 Å². The molecule has 1 aromatic rings. The van der Waals surface area contributed by atoms with Gasteiger partial charge >= 0.3 is 0 Å². The Bertz CT molecular complexity index is 332. The van der Waals surface area contributed by atoms with Crippen molar-refractivity contribution in [2.24, 2.45) is 0 Å². The van der Waals surface area contributed by atoms with Gasteiger partial charge in [0.2, 0.25) is 5.78 Å². The first-order valence-corrected chi connectivity index (χ1v) is 4.80. The number of ketones is 1. The Morgan fingerprint density at radius 2 is 2.54 bits per heavy atom. The zero-order chi connectivity index (χ0) is 9.10. The van der Waals surface area contributed by atoms with Gasteiger partial charge in [-0.25, -0.2) is 0 Å². The van der Waals surface area contributed by atoms with Gasteiger partial charge in [-0.2, -0.15) is 0 Å². The van der Waals surface area contributed by atoms with E-state index in [9.17, 15) is 4.79 Å². The molecule has 5 heteroatoms. The highest BCUT2D eigenvalue weighted by Crippen LogP contribution is 2.16. The zero-order valence-electron chi connectivity index (χ0n) is 6.90. The Labute approximate surface area is 79.4 Å². The van der Waals surface area contributed by atoms with E-state index in [1.165, 1.54) is 6.20 Å². The van der Waals surface area contributed by atoms with Crippen molar-refractivity contribution in [2.75, 3.05) is 6.61 Å². The first-order chi connectivity index (χ1) is 6.38. The minimum Gasteiger partial charge on any atom is -0.490 e. The zero-order valence-corrected chi connectivity index (χ0v) is 7.71. The molecule has 0 amide bonds. The van der Waals surface area contributed by atoms with Gasteiger partial charge in [-0.05, 0) is 30.5 Å². The maximum atomic E-state index is 11.6. The van der Waals surface area contributed by atoms with Crippen molar-refractivity contribution in [3.8, 4) is 0 Å². The van der Waals surface area contributed by atoms with Crippen LogP contribution in [0.5, 0.6) is 0 Å². The van der Waals surface area contributed by atoms with Crippen molar-refractivity contribution in [1.29, 1.82) is 0 Å². The van der Waals surface area contributed by atoms with Gasteiger partial charge in [0.1, 0.15) is 4.88 Å². The number of Topliss-reactive ketones (excluding diaryl/α,β-unsaturated/α-hetero) is 1. The molecule has 0 saturated carbocycles. The minimum atomic E-state index is -0.102. The molecule has 0 fully saturated rings. The lowest BCUT2D eigenvalue weighted by molar-refractivity contribution is 0.0902. The summed E-state index contributed by atoms with van der Waals surface area (Å²) in [7, 11) is 0. The molecule has 0 aliphatic carbocycles. The second kappa shape index (κ2) is 3.66. The first-order valence-electron chi connectivity index (χ1n) is 4.03. The summed E-state index contributed by atoms with van der Waals surface area (Å²) in [6.07, 6.45) is 5.18. The quantitative estimate of drug-likeness (QED) is 0.671. The van der Waals surface area contributed by atoms with Gasteiger partial charge in [0.15, 0.2) is 5.76 Å². The van der Waals surface area contributed by atoms with E-state index in [4.69, 9.17) is 4.74 Å². The summed E-state index contributed by atoms with van der Waals surface area (Å²) >= 11 is 1.09. The molecule has 0 unspecified atom stereocenters. The summed E-state index contributed by atoms with van der Waals surface area (Å²) in [5.41, 5.74) is 0. The number of aromatic nitrogens is 2. The molecule has 0 radical (unpaired) electrons. The summed E-state index contributed by atoms with van der Waals surface area (Å²) in [6, 6.07) is 0. The van der Waals surface area contributed by atoms with Crippen LogP contribution >= 0.6 is 11.5 Å². The molecule has 68 valence electrons. The molecule has 4 nitrogen and oxygen atoms in total. The molecule has 1 aromatic heterocycles. The van der Waals surface area contributed by atoms with Crippen LogP contribution in [0.4, 0.5) is 0 Å². The van der Waals surface area contributed by atoms with Crippen molar-refractivity contribution in [2.45, 2.75) is 12.8 Å². The number of hydrogen-bond acceptors (Lipinski definition) is 5. The summed E-state index contributed by atoms with van der Waals surface area (Å²) in [5, 5.41) is 3.60. The Morgan fingerprint density at radius 1 is 1.62 bits per heavy atom. The van der Waals surface area contributed by atoms with E-state index in [0.29, 0.717) is 17.2 Å². The van der Waals surface area contributed by atoms with Crippen LogP contribution in [0.2, 0.25) is 0 Å². The number of carbonyl (C=O) groups excluding carboxylic acids is 1. The lowest BCUT2D eigenvalue weighted by Crippen LogP contribution is -2.10. The SMILES string of the molecule is O=C(C1=CCCCO1)c1cnns1. The predicted octanol–water partition coefficient (Wildman–Crippen LogP) is 1.42. The molecule has 0 bridgehead atoms. The van der Waals surface area contributed by atoms with Crippen LogP contribution in [0, 0.1) is 0 Å². The van der Waals surface area contributed by atoms with Crippen molar-refractivity contribution in [1.82, 2.24) is 9.59 Å². The molecular weight excluding hydrogens is 188 g/mol. The van der Waals surface area contributed by atoms with E-state index in [1.54, 1.807) is 0 Å². The fourth-order valence-corrected chi connectivity index (χ4v) is 1.56. The molecule has 1 aliphatic heterocycles. The van der Waals surface area contributed by atoms with E-state index in [-0.39, 0.29) is 5.78 Å². The van der Waals surface area contributed by atoms with Crippen LogP contribution in [-0.4, -0.2) is 22.0 Å². The van der Waals surface area contributed by atoms with E-state index >= 15 is 0 Å². The number of nitrogens with zero attached hydrogens (tertiary/aromatic N) is 2. The third-order valence-corrected chi connectivity index (χ3v) is 2.41. The highest BCUT2D eigenvalue weighted by Gasteiger charge is 2.17. The Morgan fingerprint density at radius 3 is 3.15 bits per heavy atom. The molecule has 0 saturated heterocycles. The number of hydrogen-bond donors (Lipinski definition) is 0. The molecule has 0 atom stereocenters. The molecular formula is C8H8N2O2S. The highest BCUT2D eigenvalue weighted by molar-refractivity contribution is 7.08. The van der Waals surface area contributed by atoms with Crippen LogP contribution in [0.1, 0.15) is 22.5 Å². The monoisotopic (exact) mass is 196 g/mol. The molecule has 0 spiro atoms. The average molecular weight is 196 g/mol. The number of carbonyl (C=O) groups is 1. The fraction of sp³-hybridized carbons (Fsp3) is 0.375. The van der Waals surface area contributed by atoms with Crippen molar-refractivity contribution >= 4 is 17.3 Å². The van der Waals surface area contributed by atoms with Crippen LogP contribution < -0.4 is 0 Å². The van der Waals surface area contributed by atoms with Crippen molar-refractivity contribution < 1.29 is 9.53 Å². The number of ether oxygens (including phenoxy) is 1. The normalized spacial score (nSPS) is 16.2. The van der Waals surface area contributed by atoms with Crippen LogP contribution in [0.3, 0.4) is 0 Å². The lowest BCUT2D eigenvalue weighted by Gasteiger charge is -2.12. The van der Waals surface area contributed by atoms with Gasteiger partial charge in [0.05, 0.1) is 12.8 Å². The van der Waals surface area contributed by atoms with Gasteiger partial charge < -0.3 is 4.74 Å².